The predicted molar refractivity (Wildman–Crippen MR) is 72.4 cm³/mol. The van der Waals surface area contributed by atoms with E-state index >= 15 is 0 Å². The molecule has 1 aromatic carbocycles. The second-order valence-corrected chi connectivity index (χ2v) is 4.95. The molecule has 1 aromatic heterocycles. The quantitative estimate of drug-likeness (QED) is 0.923. The topological polar surface area (TPSA) is 78.9 Å². The Morgan fingerprint density at radius 1 is 1.47 bits per heavy atom. The number of aromatic carboxylic acids is 1. The van der Waals surface area contributed by atoms with Crippen LogP contribution >= 0.6 is 15.9 Å². The first-order valence-corrected chi connectivity index (χ1v) is 6.24. The standard InChI is InChI=1S/C13H10BrN3O2/c1-7-12(13(18)19)8(2)17(16-7)11-4-3-10(14)5-9(11)6-15/h3-5H,1-2H3,(H,18,19). The Hall–Kier alpha value is -2.13. The minimum Gasteiger partial charge on any atom is -0.478 e. The maximum absolute atomic E-state index is 11.2. The Kier molecular flexibility index (Phi) is 3.40. The fourth-order valence-electron chi connectivity index (χ4n) is 1.97. The molecule has 0 bridgehead atoms. The van der Waals surface area contributed by atoms with Gasteiger partial charge in [0, 0.05) is 4.47 Å². The summed E-state index contributed by atoms with van der Waals surface area (Å²) in [6.07, 6.45) is 0. The molecular formula is C13H10BrN3O2. The summed E-state index contributed by atoms with van der Waals surface area (Å²) >= 11 is 3.30. The third kappa shape index (κ3) is 2.25. The molecule has 0 fully saturated rings. The summed E-state index contributed by atoms with van der Waals surface area (Å²) < 4.78 is 2.27. The molecule has 1 heterocycles. The smallest absolute Gasteiger partial charge is 0.339 e. The van der Waals surface area contributed by atoms with Crippen LogP contribution in [0, 0.1) is 25.2 Å². The van der Waals surface area contributed by atoms with Gasteiger partial charge in [0.2, 0.25) is 0 Å². The van der Waals surface area contributed by atoms with E-state index < -0.39 is 5.97 Å². The SMILES string of the molecule is Cc1nn(-c2ccc(Br)cc2C#N)c(C)c1C(=O)O. The van der Waals surface area contributed by atoms with E-state index in [0.29, 0.717) is 22.6 Å². The molecule has 0 aliphatic heterocycles. The highest BCUT2D eigenvalue weighted by molar-refractivity contribution is 9.10. The van der Waals surface area contributed by atoms with Crippen LogP contribution in [0.2, 0.25) is 0 Å². The van der Waals surface area contributed by atoms with Gasteiger partial charge in [-0.15, -0.1) is 0 Å². The van der Waals surface area contributed by atoms with Crippen LogP contribution in [0.3, 0.4) is 0 Å². The number of aryl methyl sites for hydroxylation is 1. The van der Waals surface area contributed by atoms with Gasteiger partial charge in [0.25, 0.3) is 0 Å². The van der Waals surface area contributed by atoms with Gasteiger partial charge in [-0.05, 0) is 32.0 Å². The van der Waals surface area contributed by atoms with Gasteiger partial charge in [-0.3, -0.25) is 0 Å². The minimum atomic E-state index is -1.02. The van der Waals surface area contributed by atoms with E-state index in [1.807, 2.05) is 0 Å². The Labute approximate surface area is 118 Å². The first-order valence-electron chi connectivity index (χ1n) is 5.45. The molecule has 0 atom stereocenters. The second kappa shape index (κ2) is 4.86. The molecule has 1 N–H and O–H groups in total. The van der Waals surface area contributed by atoms with Gasteiger partial charge in [-0.1, -0.05) is 15.9 Å². The van der Waals surface area contributed by atoms with E-state index in [4.69, 9.17) is 10.4 Å². The van der Waals surface area contributed by atoms with E-state index in [9.17, 15) is 4.79 Å². The molecule has 0 saturated carbocycles. The van der Waals surface area contributed by atoms with Crippen LogP contribution in [0.25, 0.3) is 5.69 Å². The number of carboxylic acid groups (broad SMARTS) is 1. The zero-order valence-corrected chi connectivity index (χ0v) is 11.9. The summed E-state index contributed by atoms with van der Waals surface area (Å²) in [6.45, 7) is 3.31. The van der Waals surface area contributed by atoms with Crippen molar-refractivity contribution in [2.75, 3.05) is 0 Å². The number of carboxylic acids is 1. The van der Waals surface area contributed by atoms with E-state index in [0.717, 1.165) is 4.47 Å². The second-order valence-electron chi connectivity index (χ2n) is 4.04. The molecule has 0 spiro atoms. The molecule has 0 saturated heterocycles. The van der Waals surface area contributed by atoms with Gasteiger partial charge in [0.15, 0.2) is 0 Å². The van der Waals surface area contributed by atoms with Crippen molar-refractivity contribution in [3.05, 3.63) is 45.2 Å². The Morgan fingerprint density at radius 3 is 2.68 bits per heavy atom. The maximum Gasteiger partial charge on any atom is 0.339 e. The fourth-order valence-corrected chi connectivity index (χ4v) is 2.33. The van der Waals surface area contributed by atoms with Crippen LogP contribution in [0.5, 0.6) is 0 Å². The maximum atomic E-state index is 11.2. The summed E-state index contributed by atoms with van der Waals surface area (Å²) in [5.74, 6) is -1.02. The number of nitriles is 1. The molecule has 19 heavy (non-hydrogen) atoms. The van der Waals surface area contributed by atoms with Crippen molar-refractivity contribution < 1.29 is 9.90 Å². The molecule has 0 aliphatic carbocycles. The van der Waals surface area contributed by atoms with Gasteiger partial charge in [0.1, 0.15) is 11.6 Å². The number of hydrogen-bond acceptors (Lipinski definition) is 3. The van der Waals surface area contributed by atoms with Crippen LogP contribution in [0.15, 0.2) is 22.7 Å². The summed E-state index contributed by atoms with van der Waals surface area (Å²) in [5, 5.41) is 22.5. The highest BCUT2D eigenvalue weighted by Gasteiger charge is 2.19. The summed E-state index contributed by atoms with van der Waals surface area (Å²) in [4.78, 5) is 11.2. The molecular weight excluding hydrogens is 310 g/mol. The van der Waals surface area contributed by atoms with Gasteiger partial charge in [-0.25, -0.2) is 9.48 Å². The molecule has 0 amide bonds. The molecule has 2 aromatic rings. The van der Waals surface area contributed by atoms with Crippen molar-refractivity contribution >= 4 is 21.9 Å². The largest absolute Gasteiger partial charge is 0.478 e. The van der Waals surface area contributed by atoms with Crippen molar-refractivity contribution in [3.63, 3.8) is 0 Å². The molecule has 6 heteroatoms. The van der Waals surface area contributed by atoms with E-state index in [1.54, 1.807) is 32.0 Å². The lowest BCUT2D eigenvalue weighted by Gasteiger charge is -2.07. The highest BCUT2D eigenvalue weighted by Crippen LogP contribution is 2.23. The summed E-state index contributed by atoms with van der Waals surface area (Å²) in [5.41, 5.74) is 2.10. The molecule has 0 radical (unpaired) electrons. The number of hydrogen-bond donors (Lipinski definition) is 1. The third-order valence-electron chi connectivity index (χ3n) is 2.81. The van der Waals surface area contributed by atoms with Crippen LogP contribution in [-0.2, 0) is 0 Å². The summed E-state index contributed by atoms with van der Waals surface area (Å²) in [6, 6.07) is 7.27. The Balaban J connectivity index is 2.71. The zero-order chi connectivity index (χ0) is 14.2. The molecule has 2 rings (SSSR count). The number of benzene rings is 1. The normalized spacial score (nSPS) is 10.2. The third-order valence-corrected chi connectivity index (χ3v) is 3.31. The monoisotopic (exact) mass is 319 g/mol. The average Bonchev–Trinajstić information content (AvgIpc) is 2.64. The molecule has 5 nitrogen and oxygen atoms in total. The van der Waals surface area contributed by atoms with Crippen molar-refractivity contribution in [1.82, 2.24) is 9.78 Å². The van der Waals surface area contributed by atoms with E-state index in [2.05, 4.69) is 27.1 Å². The molecule has 0 unspecified atom stereocenters. The number of nitrogens with zero attached hydrogens (tertiary/aromatic N) is 3. The van der Waals surface area contributed by atoms with Gasteiger partial charge in [-0.2, -0.15) is 10.4 Å². The minimum absolute atomic E-state index is 0.173. The van der Waals surface area contributed by atoms with Crippen LogP contribution in [0.4, 0.5) is 0 Å². The molecule has 0 aliphatic rings. The van der Waals surface area contributed by atoms with Crippen molar-refractivity contribution in [2.24, 2.45) is 0 Å². The molecule has 96 valence electrons. The lowest BCUT2D eigenvalue weighted by atomic mass is 10.1. The van der Waals surface area contributed by atoms with Crippen molar-refractivity contribution in [2.45, 2.75) is 13.8 Å². The lowest BCUT2D eigenvalue weighted by Crippen LogP contribution is -2.04. The predicted octanol–water partition coefficient (Wildman–Crippen LogP) is 2.82. The van der Waals surface area contributed by atoms with Gasteiger partial charge >= 0.3 is 5.97 Å². The Morgan fingerprint density at radius 2 is 2.16 bits per heavy atom. The number of aromatic nitrogens is 2. The number of carbonyl (C=O) groups is 1. The van der Waals surface area contributed by atoms with E-state index in [1.165, 1.54) is 4.68 Å². The van der Waals surface area contributed by atoms with Gasteiger partial charge < -0.3 is 5.11 Å². The lowest BCUT2D eigenvalue weighted by molar-refractivity contribution is 0.0695. The van der Waals surface area contributed by atoms with Crippen molar-refractivity contribution in [1.29, 1.82) is 5.26 Å². The van der Waals surface area contributed by atoms with Crippen LogP contribution in [0.1, 0.15) is 27.3 Å². The van der Waals surface area contributed by atoms with Crippen molar-refractivity contribution in [3.8, 4) is 11.8 Å². The summed E-state index contributed by atoms with van der Waals surface area (Å²) in [7, 11) is 0. The highest BCUT2D eigenvalue weighted by atomic mass is 79.9. The first-order chi connectivity index (χ1) is 8.95. The van der Waals surface area contributed by atoms with Crippen LogP contribution in [-0.4, -0.2) is 20.9 Å². The number of rotatable bonds is 2. The first kappa shape index (κ1) is 13.3. The Bertz CT molecular complexity index is 713. The van der Waals surface area contributed by atoms with Gasteiger partial charge in [0.05, 0.1) is 22.6 Å². The zero-order valence-electron chi connectivity index (χ0n) is 10.3. The number of halogens is 1. The van der Waals surface area contributed by atoms with E-state index in [-0.39, 0.29) is 5.56 Å². The average molecular weight is 320 g/mol. The van der Waals surface area contributed by atoms with Crippen LogP contribution < -0.4 is 0 Å². The fraction of sp³-hybridized carbons (Fsp3) is 0.154.